The Morgan fingerprint density at radius 2 is 1.96 bits per heavy atom. The maximum absolute atomic E-state index is 4.64. The summed E-state index contributed by atoms with van der Waals surface area (Å²) in [4.78, 5) is 15.2. The van der Waals surface area contributed by atoms with E-state index in [0.717, 1.165) is 31.7 Å². The van der Waals surface area contributed by atoms with Crippen molar-refractivity contribution in [2.45, 2.75) is 38.5 Å². The molecule has 1 N–H and O–H groups in total. The summed E-state index contributed by atoms with van der Waals surface area (Å²) in [5, 5.41) is 3.36. The molecule has 0 saturated carbocycles. The fraction of sp³-hybridized carbons (Fsp3) is 0.450. The molecule has 132 valence electrons. The van der Waals surface area contributed by atoms with E-state index in [0.29, 0.717) is 5.95 Å². The van der Waals surface area contributed by atoms with E-state index in [4.69, 9.17) is 0 Å². The molecule has 0 aliphatic heterocycles. The third-order valence-corrected chi connectivity index (χ3v) is 4.63. The molecule has 5 nitrogen and oxygen atoms in total. The molecule has 0 saturated heterocycles. The van der Waals surface area contributed by atoms with Gasteiger partial charge in [0, 0.05) is 38.7 Å². The summed E-state index contributed by atoms with van der Waals surface area (Å²) in [6, 6.07) is 6.07. The van der Waals surface area contributed by atoms with Crippen LogP contribution in [0.3, 0.4) is 0 Å². The van der Waals surface area contributed by atoms with Crippen molar-refractivity contribution < 1.29 is 0 Å². The molecule has 1 aliphatic rings. The maximum Gasteiger partial charge on any atom is 0.224 e. The van der Waals surface area contributed by atoms with Crippen LogP contribution in [-0.2, 0) is 6.42 Å². The molecule has 0 aromatic carbocycles. The zero-order valence-corrected chi connectivity index (χ0v) is 15.0. The lowest BCUT2D eigenvalue weighted by Crippen LogP contribution is -2.22. The van der Waals surface area contributed by atoms with Gasteiger partial charge in [-0.3, -0.25) is 4.98 Å². The molecule has 2 heterocycles. The fourth-order valence-corrected chi connectivity index (χ4v) is 3.07. The van der Waals surface area contributed by atoms with Crippen molar-refractivity contribution in [3.63, 3.8) is 0 Å². The number of hydrogen-bond acceptors (Lipinski definition) is 5. The number of hydrogen-bond donors (Lipinski definition) is 1. The average molecular weight is 337 g/mol. The van der Waals surface area contributed by atoms with E-state index in [1.54, 1.807) is 5.57 Å². The molecule has 0 unspecified atom stereocenters. The van der Waals surface area contributed by atoms with Crippen molar-refractivity contribution >= 4 is 11.8 Å². The normalized spacial score (nSPS) is 14.0. The van der Waals surface area contributed by atoms with Crippen LogP contribution in [0.1, 0.15) is 37.7 Å². The third kappa shape index (κ3) is 5.55. The second-order valence-electron chi connectivity index (χ2n) is 6.55. The van der Waals surface area contributed by atoms with Crippen LogP contribution < -0.4 is 10.2 Å². The number of aromatic nitrogens is 3. The monoisotopic (exact) mass is 337 g/mol. The first-order chi connectivity index (χ1) is 12.3. The largest absolute Gasteiger partial charge is 0.359 e. The Bertz CT molecular complexity index is 683. The van der Waals surface area contributed by atoms with Gasteiger partial charge in [-0.2, -0.15) is 4.98 Å². The highest BCUT2D eigenvalue weighted by molar-refractivity contribution is 5.42. The fourth-order valence-electron chi connectivity index (χ4n) is 3.07. The van der Waals surface area contributed by atoms with Crippen LogP contribution in [-0.4, -0.2) is 35.1 Å². The van der Waals surface area contributed by atoms with E-state index in [-0.39, 0.29) is 0 Å². The molecule has 0 bridgehead atoms. The summed E-state index contributed by atoms with van der Waals surface area (Å²) < 4.78 is 0. The van der Waals surface area contributed by atoms with E-state index < -0.39 is 0 Å². The quantitative estimate of drug-likeness (QED) is 0.742. The molecule has 3 rings (SSSR count). The summed E-state index contributed by atoms with van der Waals surface area (Å²) in [5.74, 6) is 1.66. The van der Waals surface area contributed by atoms with Gasteiger partial charge >= 0.3 is 0 Å². The van der Waals surface area contributed by atoms with Crippen molar-refractivity contribution in [1.82, 2.24) is 15.0 Å². The topological polar surface area (TPSA) is 53.9 Å². The standard InChI is InChI=1S/C20H27N5/c1-25(16-11-18-7-12-21-13-8-18)19-10-15-23-20(24-19)22-14-9-17-5-3-2-4-6-17/h5,7-8,10,12-13,15H,2-4,6,9,11,14,16H2,1H3,(H,22,23,24). The first-order valence-corrected chi connectivity index (χ1v) is 9.16. The number of pyridine rings is 1. The zero-order chi connectivity index (χ0) is 17.3. The highest BCUT2D eigenvalue weighted by atomic mass is 15.2. The molecule has 5 heteroatoms. The summed E-state index contributed by atoms with van der Waals surface area (Å²) in [7, 11) is 2.07. The van der Waals surface area contributed by atoms with Crippen LogP contribution in [0.25, 0.3) is 0 Å². The van der Waals surface area contributed by atoms with Crippen LogP contribution in [0.5, 0.6) is 0 Å². The highest BCUT2D eigenvalue weighted by Crippen LogP contribution is 2.20. The van der Waals surface area contributed by atoms with Crippen molar-refractivity contribution in [3.8, 4) is 0 Å². The number of nitrogens with one attached hydrogen (secondary N) is 1. The van der Waals surface area contributed by atoms with Gasteiger partial charge in [-0.1, -0.05) is 11.6 Å². The molecule has 0 radical (unpaired) electrons. The van der Waals surface area contributed by atoms with Crippen molar-refractivity contribution in [2.24, 2.45) is 0 Å². The van der Waals surface area contributed by atoms with Gasteiger partial charge in [0.05, 0.1) is 0 Å². The molecule has 2 aromatic rings. The van der Waals surface area contributed by atoms with E-state index in [9.17, 15) is 0 Å². The first-order valence-electron chi connectivity index (χ1n) is 9.16. The minimum atomic E-state index is 0.713. The van der Waals surface area contributed by atoms with Gasteiger partial charge in [-0.15, -0.1) is 0 Å². The molecule has 2 aromatic heterocycles. The van der Waals surface area contributed by atoms with Gasteiger partial charge in [-0.25, -0.2) is 4.98 Å². The maximum atomic E-state index is 4.64. The Morgan fingerprint density at radius 1 is 1.08 bits per heavy atom. The second-order valence-corrected chi connectivity index (χ2v) is 6.55. The summed E-state index contributed by atoms with van der Waals surface area (Å²) in [6.45, 7) is 1.81. The number of likely N-dealkylation sites (N-methyl/N-ethyl adjacent to an activating group) is 1. The van der Waals surface area contributed by atoms with Crippen LogP contribution in [0.15, 0.2) is 48.4 Å². The predicted octanol–water partition coefficient (Wildman–Crippen LogP) is 3.85. The Morgan fingerprint density at radius 3 is 2.76 bits per heavy atom. The van der Waals surface area contributed by atoms with Gasteiger partial charge in [0.2, 0.25) is 5.95 Å². The van der Waals surface area contributed by atoms with Crippen LogP contribution in [0.4, 0.5) is 11.8 Å². The van der Waals surface area contributed by atoms with Gasteiger partial charge < -0.3 is 10.2 Å². The van der Waals surface area contributed by atoms with E-state index in [2.05, 4.69) is 50.4 Å². The average Bonchev–Trinajstić information content (AvgIpc) is 2.68. The smallest absolute Gasteiger partial charge is 0.224 e. The van der Waals surface area contributed by atoms with Crippen LogP contribution >= 0.6 is 0 Å². The lowest BCUT2D eigenvalue weighted by molar-refractivity contribution is 0.679. The molecule has 1 aliphatic carbocycles. The second kappa shape index (κ2) is 9.16. The van der Waals surface area contributed by atoms with E-state index in [1.807, 2.05) is 24.7 Å². The minimum absolute atomic E-state index is 0.713. The molecule has 25 heavy (non-hydrogen) atoms. The Balaban J connectivity index is 1.49. The lowest BCUT2D eigenvalue weighted by Gasteiger charge is -2.19. The number of rotatable bonds is 8. The Hall–Kier alpha value is -2.43. The van der Waals surface area contributed by atoms with E-state index in [1.165, 1.54) is 31.2 Å². The van der Waals surface area contributed by atoms with Gasteiger partial charge in [0.15, 0.2) is 0 Å². The zero-order valence-electron chi connectivity index (χ0n) is 15.0. The third-order valence-electron chi connectivity index (χ3n) is 4.63. The van der Waals surface area contributed by atoms with Crippen molar-refractivity contribution in [2.75, 3.05) is 30.4 Å². The van der Waals surface area contributed by atoms with Gasteiger partial charge in [0.1, 0.15) is 5.82 Å². The van der Waals surface area contributed by atoms with Gasteiger partial charge in [-0.05, 0) is 62.3 Å². The minimum Gasteiger partial charge on any atom is -0.359 e. The molecular formula is C20H27N5. The molecule has 0 atom stereocenters. The highest BCUT2D eigenvalue weighted by Gasteiger charge is 2.06. The Labute approximate surface area is 150 Å². The number of nitrogens with zero attached hydrogens (tertiary/aromatic N) is 4. The molecule has 0 fully saturated rings. The number of anilines is 2. The molecular weight excluding hydrogens is 310 g/mol. The predicted molar refractivity (Wildman–Crippen MR) is 103 cm³/mol. The van der Waals surface area contributed by atoms with Crippen LogP contribution in [0.2, 0.25) is 0 Å². The van der Waals surface area contributed by atoms with E-state index >= 15 is 0 Å². The molecule has 0 spiro atoms. The van der Waals surface area contributed by atoms with Gasteiger partial charge in [0.25, 0.3) is 0 Å². The SMILES string of the molecule is CN(CCc1ccncc1)c1ccnc(NCCC2=CCCCC2)n1. The van der Waals surface area contributed by atoms with Crippen molar-refractivity contribution in [3.05, 3.63) is 54.0 Å². The summed E-state index contributed by atoms with van der Waals surface area (Å²) in [5.41, 5.74) is 2.86. The summed E-state index contributed by atoms with van der Waals surface area (Å²) in [6.07, 6.45) is 15.1. The number of allylic oxidation sites excluding steroid dienone is 1. The molecule has 0 amide bonds. The lowest BCUT2D eigenvalue weighted by atomic mass is 9.97. The van der Waals surface area contributed by atoms with Crippen molar-refractivity contribution in [1.29, 1.82) is 0 Å². The summed E-state index contributed by atoms with van der Waals surface area (Å²) >= 11 is 0. The van der Waals surface area contributed by atoms with Crippen LogP contribution in [0, 0.1) is 0 Å². The Kier molecular flexibility index (Phi) is 6.37. The first kappa shape index (κ1) is 17.4.